The molecule has 10 rings (SSSR count). The largest absolute Gasteiger partial charge is 0.310 e. The Morgan fingerprint density at radius 3 is 1.58 bits per heavy atom. The van der Waals surface area contributed by atoms with Crippen molar-refractivity contribution in [2.45, 2.75) is 40.0 Å². The van der Waals surface area contributed by atoms with Crippen LogP contribution in [0.25, 0.3) is 71.3 Å². The summed E-state index contributed by atoms with van der Waals surface area (Å²) in [5, 5.41) is 7.62. The molecule has 0 fully saturated rings. The minimum atomic E-state index is 0.0515. The Kier molecular flexibility index (Phi) is 6.60. The third-order valence-electron chi connectivity index (χ3n) is 11.2. The van der Waals surface area contributed by atoms with Gasteiger partial charge in [0.2, 0.25) is 0 Å². The molecule has 0 unspecified atom stereocenters. The number of aromatic nitrogens is 1. The van der Waals surface area contributed by atoms with Crippen LogP contribution in [-0.2, 0) is 5.41 Å². The van der Waals surface area contributed by atoms with Gasteiger partial charge in [0, 0.05) is 27.8 Å². The van der Waals surface area contributed by atoms with E-state index in [1.807, 2.05) is 0 Å². The molecule has 0 N–H and O–H groups in total. The van der Waals surface area contributed by atoms with Crippen molar-refractivity contribution in [1.29, 1.82) is 0 Å². The van der Waals surface area contributed by atoms with Crippen molar-refractivity contribution in [2.24, 2.45) is 0 Å². The number of rotatable bonds is 4. The van der Waals surface area contributed by atoms with Gasteiger partial charge in [-0.3, -0.25) is 0 Å². The van der Waals surface area contributed by atoms with Gasteiger partial charge < -0.3 is 9.47 Å². The van der Waals surface area contributed by atoms with Gasteiger partial charge in [0.05, 0.1) is 16.7 Å². The maximum atomic E-state index is 2.45. The van der Waals surface area contributed by atoms with Crippen LogP contribution in [0.4, 0.5) is 17.1 Å². The zero-order valence-electron chi connectivity index (χ0n) is 30.3. The third kappa shape index (κ3) is 4.64. The number of aryl methyl sites for hydroxylation is 2. The lowest BCUT2D eigenvalue weighted by Gasteiger charge is -2.31. The Morgan fingerprint density at radius 1 is 0.442 bits per heavy atom. The summed E-state index contributed by atoms with van der Waals surface area (Å²) in [6, 6.07) is 56.6. The van der Waals surface area contributed by atoms with Crippen LogP contribution < -0.4 is 4.90 Å². The van der Waals surface area contributed by atoms with E-state index in [2.05, 4.69) is 196 Å². The first-order chi connectivity index (χ1) is 25.2. The van der Waals surface area contributed by atoms with E-state index in [0.29, 0.717) is 0 Å². The number of hydrogen-bond acceptors (Lipinski definition) is 1. The van der Waals surface area contributed by atoms with Crippen molar-refractivity contribution in [2.75, 3.05) is 4.90 Å². The fourth-order valence-electron chi connectivity index (χ4n) is 8.56. The lowest BCUT2D eigenvalue weighted by Crippen LogP contribution is -2.16. The number of nitrogens with zero attached hydrogens (tertiary/aromatic N) is 2. The third-order valence-corrected chi connectivity index (χ3v) is 11.2. The Balaban J connectivity index is 1.10. The molecular weight excluding hydrogens is 629 g/mol. The van der Waals surface area contributed by atoms with Crippen LogP contribution in [0, 0.1) is 13.8 Å². The van der Waals surface area contributed by atoms with Crippen molar-refractivity contribution in [3.8, 4) is 27.9 Å². The highest BCUT2D eigenvalue weighted by molar-refractivity contribution is 6.13. The summed E-state index contributed by atoms with van der Waals surface area (Å²) in [7, 11) is 0. The molecule has 0 atom stereocenters. The summed E-state index contributed by atoms with van der Waals surface area (Å²) in [6.07, 6.45) is 0. The molecule has 0 aliphatic heterocycles. The molecule has 0 radical (unpaired) electrons. The van der Waals surface area contributed by atoms with E-state index in [0.717, 1.165) is 0 Å². The molecule has 2 heteroatoms. The first kappa shape index (κ1) is 30.7. The molecule has 1 aromatic heterocycles. The average Bonchev–Trinajstić information content (AvgIpc) is 3.49. The molecule has 0 bridgehead atoms. The first-order valence-corrected chi connectivity index (χ1v) is 18.3. The normalized spacial score (nSPS) is 12.3. The molecule has 8 aromatic carbocycles. The first-order valence-electron chi connectivity index (χ1n) is 18.3. The second-order valence-corrected chi connectivity index (χ2v) is 15.6. The molecular formula is C50H40N2. The summed E-state index contributed by atoms with van der Waals surface area (Å²) in [5.41, 5.74) is 16.5. The summed E-state index contributed by atoms with van der Waals surface area (Å²) < 4.78 is 2.41. The summed E-state index contributed by atoms with van der Waals surface area (Å²) in [5.74, 6) is 0. The standard InChI is InChI=1S/C50H40N2/c1-31-12-10-13-32(2)49(31)51(38-15-11-14-37(30-38)50(3,4)5)39-22-20-33-26-43-44-27-34-21-23-40(25-36(34)29-46(44)45(43)28-35(33)24-39)52-47-18-8-6-16-41(47)42-17-7-9-19-48(42)52/h6-30H,1-5H3. The highest BCUT2D eigenvalue weighted by Gasteiger charge is 2.25. The topological polar surface area (TPSA) is 8.17 Å². The van der Waals surface area contributed by atoms with Crippen LogP contribution in [0.3, 0.4) is 0 Å². The zero-order chi connectivity index (χ0) is 35.3. The Hall–Kier alpha value is -6.12. The SMILES string of the molecule is Cc1cccc(C)c1N(c1cccc(C(C)(C)C)c1)c1ccc2cc3c(cc2c1)-c1cc2cc(-n4c5ccccc5c5ccccc54)ccc2cc1-3. The van der Waals surface area contributed by atoms with Gasteiger partial charge in [-0.05, 0) is 153 Å². The average molecular weight is 669 g/mol. The maximum Gasteiger partial charge on any atom is 0.0541 e. The van der Waals surface area contributed by atoms with Gasteiger partial charge in [0.1, 0.15) is 0 Å². The second kappa shape index (κ2) is 11.2. The number of benzene rings is 8. The molecule has 0 saturated carbocycles. The highest BCUT2D eigenvalue weighted by atomic mass is 15.1. The molecule has 0 amide bonds. The number of hydrogen-bond donors (Lipinski definition) is 0. The van der Waals surface area contributed by atoms with Gasteiger partial charge in [-0.25, -0.2) is 0 Å². The lowest BCUT2D eigenvalue weighted by molar-refractivity contribution is 0.590. The van der Waals surface area contributed by atoms with Crippen LogP contribution in [0.2, 0.25) is 0 Å². The molecule has 250 valence electrons. The maximum absolute atomic E-state index is 2.45. The highest BCUT2D eigenvalue weighted by Crippen LogP contribution is 2.51. The Morgan fingerprint density at radius 2 is 0.962 bits per heavy atom. The van der Waals surface area contributed by atoms with E-state index in [4.69, 9.17) is 0 Å². The lowest BCUT2D eigenvalue weighted by atomic mass is 9.78. The van der Waals surface area contributed by atoms with Crippen molar-refractivity contribution in [1.82, 2.24) is 4.57 Å². The quantitative estimate of drug-likeness (QED) is 0.181. The number of fused-ring (bicyclic) bond motifs is 9. The molecule has 1 aliphatic carbocycles. The molecule has 1 aliphatic rings. The number of anilines is 3. The molecule has 52 heavy (non-hydrogen) atoms. The van der Waals surface area contributed by atoms with E-state index in [-0.39, 0.29) is 5.41 Å². The van der Waals surface area contributed by atoms with Gasteiger partial charge in [0.15, 0.2) is 0 Å². The fraction of sp³-hybridized carbons (Fsp3) is 0.120. The molecule has 2 nitrogen and oxygen atoms in total. The van der Waals surface area contributed by atoms with E-state index in [1.165, 1.54) is 105 Å². The zero-order valence-corrected chi connectivity index (χ0v) is 30.3. The fourth-order valence-corrected chi connectivity index (χ4v) is 8.56. The van der Waals surface area contributed by atoms with Gasteiger partial charge in [-0.15, -0.1) is 0 Å². The van der Waals surface area contributed by atoms with E-state index < -0.39 is 0 Å². The minimum Gasteiger partial charge on any atom is -0.310 e. The molecule has 0 spiro atoms. The predicted octanol–water partition coefficient (Wildman–Crippen LogP) is 14.1. The summed E-state index contributed by atoms with van der Waals surface area (Å²) >= 11 is 0. The second-order valence-electron chi connectivity index (χ2n) is 15.6. The Bertz CT molecular complexity index is 2840. The van der Waals surface area contributed by atoms with Crippen molar-refractivity contribution in [3.05, 3.63) is 168 Å². The van der Waals surface area contributed by atoms with Crippen molar-refractivity contribution >= 4 is 60.4 Å². The molecule has 9 aromatic rings. The van der Waals surface area contributed by atoms with Crippen LogP contribution in [0.5, 0.6) is 0 Å². The van der Waals surface area contributed by atoms with Crippen LogP contribution >= 0.6 is 0 Å². The molecule has 1 heterocycles. The van der Waals surface area contributed by atoms with E-state index in [9.17, 15) is 0 Å². The van der Waals surface area contributed by atoms with Gasteiger partial charge in [-0.2, -0.15) is 0 Å². The van der Waals surface area contributed by atoms with E-state index >= 15 is 0 Å². The van der Waals surface area contributed by atoms with Gasteiger partial charge >= 0.3 is 0 Å². The summed E-state index contributed by atoms with van der Waals surface area (Å²) in [4.78, 5) is 2.45. The minimum absolute atomic E-state index is 0.0515. The van der Waals surface area contributed by atoms with Crippen molar-refractivity contribution in [3.63, 3.8) is 0 Å². The monoisotopic (exact) mass is 668 g/mol. The van der Waals surface area contributed by atoms with Gasteiger partial charge in [-0.1, -0.05) is 99.6 Å². The summed E-state index contributed by atoms with van der Waals surface area (Å²) in [6.45, 7) is 11.3. The number of para-hydroxylation sites is 3. The van der Waals surface area contributed by atoms with Gasteiger partial charge in [0.25, 0.3) is 0 Å². The van der Waals surface area contributed by atoms with Crippen molar-refractivity contribution < 1.29 is 0 Å². The smallest absolute Gasteiger partial charge is 0.0541 e. The van der Waals surface area contributed by atoms with Crippen LogP contribution in [0.15, 0.2) is 152 Å². The Labute approximate surface area is 305 Å². The van der Waals surface area contributed by atoms with Crippen LogP contribution in [-0.4, -0.2) is 4.57 Å². The van der Waals surface area contributed by atoms with E-state index in [1.54, 1.807) is 0 Å². The predicted molar refractivity (Wildman–Crippen MR) is 223 cm³/mol. The van der Waals surface area contributed by atoms with Crippen LogP contribution in [0.1, 0.15) is 37.5 Å². The molecule has 0 saturated heterocycles.